The van der Waals surface area contributed by atoms with Gasteiger partial charge in [-0.25, -0.2) is 15.0 Å². The summed E-state index contributed by atoms with van der Waals surface area (Å²) in [5.74, 6) is 1.82. The molecule has 41 heavy (non-hydrogen) atoms. The molecule has 0 N–H and O–H groups in total. The molecule has 5 aromatic carbocycles. The van der Waals surface area contributed by atoms with E-state index in [0.717, 1.165) is 44.2 Å². The molecule has 0 spiro atoms. The Morgan fingerprint density at radius 1 is 0.439 bits per heavy atom. The first-order chi connectivity index (χ1) is 20.3. The van der Waals surface area contributed by atoms with Crippen LogP contribution in [0.25, 0.3) is 78.0 Å². The summed E-state index contributed by atoms with van der Waals surface area (Å²) in [4.78, 5) is 19.2. The fourth-order valence-corrected chi connectivity index (χ4v) is 5.48. The minimum Gasteiger partial charge on any atom is -0.456 e. The minimum atomic E-state index is 0.587. The standard InChI is InChI=1S/C36H22N4O/c1-2-9-25(10-3-1)34-38-35(26-18-16-24(17-19-26)28-13-6-11-23-8-4-5-12-27(23)28)40-36(39-34)29-14-7-15-32-33(29)30-22-37-21-20-31(30)41-32/h1-22H. The second kappa shape index (κ2) is 9.50. The van der Waals surface area contributed by atoms with Crippen LogP contribution in [-0.4, -0.2) is 19.9 Å². The van der Waals surface area contributed by atoms with Crippen molar-refractivity contribution in [3.05, 3.63) is 134 Å². The molecule has 0 bridgehead atoms. The van der Waals surface area contributed by atoms with Crippen LogP contribution in [0.3, 0.4) is 0 Å². The van der Waals surface area contributed by atoms with Crippen LogP contribution >= 0.6 is 0 Å². The Balaban J connectivity index is 1.30. The van der Waals surface area contributed by atoms with Crippen LogP contribution in [0.5, 0.6) is 0 Å². The van der Waals surface area contributed by atoms with Gasteiger partial charge in [-0.1, -0.05) is 109 Å². The monoisotopic (exact) mass is 526 g/mol. The van der Waals surface area contributed by atoms with Crippen molar-refractivity contribution in [2.24, 2.45) is 0 Å². The summed E-state index contributed by atoms with van der Waals surface area (Å²) < 4.78 is 6.12. The zero-order valence-corrected chi connectivity index (χ0v) is 21.9. The van der Waals surface area contributed by atoms with E-state index >= 15 is 0 Å². The van der Waals surface area contributed by atoms with E-state index in [-0.39, 0.29) is 0 Å². The fourth-order valence-electron chi connectivity index (χ4n) is 5.48. The molecule has 3 aromatic heterocycles. The minimum absolute atomic E-state index is 0.587. The number of fused-ring (bicyclic) bond motifs is 4. The molecule has 0 aliphatic rings. The zero-order valence-electron chi connectivity index (χ0n) is 21.9. The van der Waals surface area contributed by atoms with Gasteiger partial charge in [0.2, 0.25) is 0 Å². The van der Waals surface area contributed by atoms with Gasteiger partial charge in [-0.3, -0.25) is 4.98 Å². The topological polar surface area (TPSA) is 64.7 Å². The molecule has 0 unspecified atom stereocenters. The van der Waals surface area contributed by atoms with Gasteiger partial charge >= 0.3 is 0 Å². The molecule has 0 aliphatic carbocycles. The molecule has 3 heterocycles. The molecule has 0 saturated carbocycles. The Hall–Kier alpha value is -5.68. The zero-order chi connectivity index (χ0) is 27.2. The number of rotatable bonds is 4. The van der Waals surface area contributed by atoms with E-state index in [2.05, 4.69) is 71.7 Å². The summed E-state index contributed by atoms with van der Waals surface area (Å²) in [7, 11) is 0. The van der Waals surface area contributed by atoms with Gasteiger partial charge in [0.05, 0.1) is 0 Å². The summed E-state index contributed by atoms with van der Waals surface area (Å²) in [6.07, 6.45) is 3.57. The van der Waals surface area contributed by atoms with Gasteiger partial charge in [0.15, 0.2) is 17.5 Å². The van der Waals surface area contributed by atoms with E-state index in [1.165, 1.54) is 16.3 Å². The quantitative estimate of drug-likeness (QED) is 0.229. The van der Waals surface area contributed by atoms with Gasteiger partial charge in [0.1, 0.15) is 11.2 Å². The number of benzene rings is 5. The molecule has 8 rings (SSSR count). The second-order valence-corrected chi connectivity index (χ2v) is 9.93. The van der Waals surface area contributed by atoms with E-state index in [9.17, 15) is 0 Å². The molecule has 0 fully saturated rings. The Kier molecular flexibility index (Phi) is 5.38. The van der Waals surface area contributed by atoms with Gasteiger partial charge in [-0.2, -0.15) is 0 Å². The molecule has 0 aliphatic heterocycles. The third-order valence-electron chi connectivity index (χ3n) is 7.45. The highest BCUT2D eigenvalue weighted by atomic mass is 16.3. The van der Waals surface area contributed by atoms with Gasteiger partial charge < -0.3 is 4.42 Å². The largest absolute Gasteiger partial charge is 0.456 e. The molecule has 5 heteroatoms. The highest BCUT2D eigenvalue weighted by Crippen LogP contribution is 2.36. The Bertz CT molecular complexity index is 2200. The molecule has 0 amide bonds. The summed E-state index contributed by atoms with van der Waals surface area (Å²) in [6, 6.07) is 41.2. The van der Waals surface area contributed by atoms with Crippen molar-refractivity contribution in [2.75, 3.05) is 0 Å². The van der Waals surface area contributed by atoms with Gasteiger partial charge in [0, 0.05) is 39.9 Å². The Morgan fingerprint density at radius 3 is 1.95 bits per heavy atom. The van der Waals surface area contributed by atoms with Crippen LogP contribution in [0.2, 0.25) is 0 Å². The lowest BCUT2D eigenvalue weighted by molar-refractivity contribution is 0.668. The molecule has 0 saturated heterocycles. The predicted molar refractivity (Wildman–Crippen MR) is 164 cm³/mol. The number of aromatic nitrogens is 4. The average Bonchev–Trinajstić information content (AvgIpc) is 3.44. The van der Waals surface area contributed by atoms with Crippen molar-refractivity contribution in [3.8, 4) is 45.3 Å². The molecule has 0 radical (unpaired) electrons. The average molecular weight is 527 g/mol. The smallest absolute Gasteiger partial charge is 0.164 e. The Labute approximate surface area is 235 Å². The van der Waals surface area contributed by atoms with Crippen molar-refractivity contribution in [3.63, 3.8) is 0 Å². The number of furan rings is 1. The van der Waals surface area contributed by atoms with E-state index in [1.807, 2.05) is 60.8 Å². The molecular weight excluding hydrogens is 504 g/mol. The van der Waals surface area contributed by atoms with Crippen molar-refractivity contribution >= 4 is 32.7 Å². The Morgan fingerprint density at radius 2 is 1.10 bits per heavy atom. The lowest BCUT2D eigenvalue weighted by atomic mass is 9.97. The van der Waals surface area contributed by atoms with Crippen LogP contribution in [0.1, 0.15) is 0 Å². The van der Waals surface area contributed by atoms with Gasteiger partial charge in [-0.05, 0) is 34.0 Å². The third-order valence-corrected chi connectivity index (χ3v) is 7.45. The van der Waals surface area contributed by atoms with Gasteiger partial charge in [0.25, 0.3) is 0 Å². The lowest BCUT2D eigenvalue weighted by Gasteiger charge is -2.10. The fraction of sp³-hybridized carbons (Fsp3) is 0. The maximum atomic E-state index is 6.12. The van der Waals surface area contributed by atoms with Crippen molar-refractivity contribution < 1.29 is 4.42 Å². The second-order valence-electron chi connectivity index (χ2n) is 9.93. The summed E-state index contributed by atoms with van der Waals surface area (Å²) >= 11 is 0. The number of hydrogen-bond donors (Lipinski definition) is 0. The van der Waals surface area contributed by atoms with Crippen LogP contribution in [0.15, 0.2) is 138 Å². The summed E-state index contributed by atoms with van der Waals surface area (Å²) in [5, 5.41) is 4.32. The molecular formula is C36H22N4O. The SMILES string of the molecule is c1ccc(-c2nc(-c3ccc(-c4cccc5ccccc45)cc3)nc(-c3cccc4oc5ccncc5c34)n2)cc1. The van der Waals surface area contributed by atoms with Gasteiger partial charge in [-0.15, -0.1) is 0 Å². The van der Waals surface area contributed by atoms with E-state index in [1.54, 1.807) is 6.20 Å². The lowest BCUT2D eigenvalue weighted by Crippen LogP contribution is -2.00. The molecule has 8 aromatic rings. The van der Waals surface area contributed by atoms with E-state index in [0.29, 0.717) is 17.5 Å². The normalized spacial score (nSPS) is 11.4. The third kappa shape index (κ3) is 4.03. The van der Waals surface area contributed by atoms with Crippen molar-refractivity contribution in [1.29, 1.82) is 0 Å². The molecule has 5 nitrogen and oxygen atoms in total. The number of pyridine rings is 1. The van der Waals surface area contributed by atoms with E-state index < -0.39 is 0 Å². The predicted octanol–water partition coefficient (Wildman–Crippen LogP) is 8.99. The number of hydrogen-bond acceptors (Lipinski definition) is 5. The first-order valence-corrected chi connectivity index (χ1v) is 13.5. The number of nitrogens with zero attached hydrogens (tertiary/aromatic N) is 4. The van der Waals surface area contributed by atoms with Crippen LogP contribution < -0.4 is 0 Å². The highest BCUT2D eigenvalue weighted by Gasteiger charge is 2.18. The van der Waals surface area contributed by atoms with Crippen LogP contribution in [-0.2, 0) is 0 Å². The summed E-state index contributed by atoms with van der Waals surface area (Å²) in [5.41, 5.74) is 6.62. The van der Waals surface area contributed by atoms with Crippen LogP contribution in [0.4, 0.5) is 0 Å². The van der Waals surface area contributed by atoms with Crippen molar-refractivity contribution in [2.45, 2.75) is 0 Å². The molecule has 192 valence electrons. The highest BCUT2D eigenvalue weighted by molar-refractivity contribution is 6.11. The molecule has 0 atom stereocenters. The first kappa shape index (κ1) is 23.2. The maximum Gasteiger partial charge on any atom is 0.164 e. The maximum absolute atomic E-state index is 6.12. The first-order valence-electron chi connectivity index (χ1n) is 13.5. The summed E-state index contributed by atoms with van der Waals surface area (Å²) in [6.45, 7) is 0. The van der Waals surface area contributed by atoms with Crippen molar-refractivity contribution in [1.82, 2.24) is 19.9 Å². The van der Waals surface area contributed by atoms with E-state index in [4.69, 9.17) is 19.4 Å². The van der Waals surface area contributed by atoms with Crippen LogP contribution in [0, 0.1) is 0 Å².